The summed E-state index contributed by atoms with van der Waals surface area (Å²) in [5.41, 5.74) is 3.29. The van der Waals surface area contributed by atoms with Gasteiger partial charge in [0.25, 0.3) is 5.69 Å². The fourth-order valence-corrected chi connectivity index (χ4v) is 2.08. The largest absolute Gasteiger partial charge is 0.539 e. The molecule has 2 aromatic carbocycles. The first-order chi connectivity index (χ1) is 10.2. The minimum Gasteiger partial charge on any atom is -0.539 e. The highest BCUT2D eigenvalue weighted by molar-refractivity contribution is 5.68. The van der Waals surface area contributed by atoms with E-state index < -0.39 is 5.95 Å². The molecule has 0 amide bonds. The molecular weight excluding hydrogens is 264 g/mol. The lowest BCUT2D eigenvalue weighted by molar-refractivity contribution is -0.672. The van der Waals surface area contributed by atoms with Crippen LogP contribution in [0.5, 0.6) is 5.95 Å². The van der Waals surface area contributed by atoms with Crippen molar-refractivity contribution in [1.82, 2.24) is 5.27 Å². The van der Waals surface area contributed by atoms with E-state index in [1.807, 2.05) is 67.6 Å². The molecule has 1 heterocycles. The topological polar surface area (TPSA) is 53.0 Å². The van der Waals surface area contributed by atoms with E-state index >= 15 is 0 Å². The molecule has 0 fully saturated rings. The Kier molecular flexibility index (Phi) is 3.51. The van der Waals surface area contributed by atoms with Crippen molar-refractivity contribution in [2.45, 2.75) is 6.92 Å². The quantitative estimate of drug-likeness (QED) is 0.692. The first-order valence-corrected chi connectivity index (χ1v) is 6.63. The predicted molar refractivity (Wildman–Crippen MR) is 77.6 cm³/mol. The zero-order valence-electron chi connectivity index (χ0n) is 11.6. The van der Waals surface area contributed by atoms with Crippen LogP contribution in [-0.2, 0) is 0 Å². The molecule has 0 saturated heterocycles. The Bertz CT molecular complexity index is 776. The van der Waals surface area contributed by atoms with E-state index in [0.717, 1.165) is 16.8 Å². The van der Waals surface area contributed by atoms with Gasteiger partial charge in [0.15, 0.2) is 5.95 Å². The molecule has 0 aliphatic rings. The number of nitrogens with zero attached hydrogens (tertiary/aromatic N) is 2. The predicted octanol–water partition coefficient (Wildman–Crippen LogP) is 2.50. The maximum Gasteiger partial charge on any atom is 0.263 e. The van der Waals surface area contributed by atoms with Crippen LogP contribution in [0.4, 0.5) is 0 Å². The van der Waals surface area contributed by atoms with Crippen LogP contribution < -0.4 is 9.79 Å². The highest BCUT2D eigenvalue weighted by Crippen LogP contribution is 2.14. The summed E-state index contributed by atoms with van der Waals surface area (Å²) in [7, 11) is 0. The Morgan fingerprint density at radius 2 is 1.86 bits per heavy atom. The van der Waals surface area contributed by atoms with Gasteiger partial charge in [-0.3, -0.25) is 0 Å². The van der Waals surface area contributed by atoms with Gasteiger partial charge >= 0.3 is 0 Å². The zero-order chi connectivity index (χ0) is 14.7. The molecule has 0 aliphatic heterocycles. The molecule has 0 N–H and O–H groups in total. The standard InChI is InChI=1S/C17H14N2O2/c1-13-6-5-9-15(12-13)19-16(17(20)21-18-19)11-10-14-7-3-2-4-8-14/h2-12H,1H3/b11-10+. The van der Waals surface area contributed by atoms with Crippen molar-refractivity contribution < 1.29 is 14.3 Å². The summed E-state index contributed by atoms with van der Waals surface area (Å²) in [6.07, 6.45) is 3.58. The molecule has 21 heavy (non-hydrogen) atoms. The average molecular weight is 278 g/mol. The fraction of sp³-hybridized carbons (Fsp3) is 0.0588. The molecule has 0 spiro atoms. The minimum absolute atomic E-state index is 0.393. The van der Waals surface area contributed by atoms with Crippen LogP contribution in [-0.4, -0.2) is 5.27 Å². The summed E-state index contributed by atoms with van der Waals surface area (Å²) in [5, 5.41) is 15.6. The number of rotatable bonds is 3. The van der Waals surface area contributed by atoms with E-state index in [-0.39, 0.29) is 0 Å². The van der Waals surface area contributed by atoms with Gasteiger partial charge in [-0.15, -0.1) is 0 Å². The Hall–Kier alpha value is -2.88. The van der Waals surface area contributed by atoms with Crippen LogP contribution in [0.25, 0.3) is 17.8 Å². The van der Waals surface area contributed by atoms with Crippen molar-refractivity contribution in [2.75, 3.05) is 0 Å². The number of hydrogen-bond acceptors (Lipinski definition) is 3. The lowest BCUT2D eigenvalue weighted by Crippen LogP contribution is -2.35. The van der Waals surface area contributed by atoms with Gasteiger partial charge in [-0.25, -0.2) is 0 Å². The Morgan fingerprint density at radius 3 is 2.62 bits per heavy atom. The van der Waals surface area contributed by atoms with Gasteiger partial charge in [-0.1, -0.05) is 42.5 Å². The second-order valence-electron chi connectivity index (χ2n) is 4.74. The third-order valence-corrected chi connectivity index (χ3v) is 3.12. The highest BCUT2D eigenvalue weighted by atomic mass is 16.6. The molecular formula is C17H14N2O2. The summed E-state index contributed by atoms with van der Waals surface area (Å²) < 4.78 is 6.29. The maximum absolute atomic E-state index is 11.8. The van der Waals surface area contributed by atoms with Crippen LogP contribution in [0.2, 0.25) is 0 Å². The molecule has 3 aromatic rings. The molecule has 3 rings (SSSR count). The van der Waals surface area contributed by atoms with E-state index in [1.54, 1.807) is 6.08 Å². The van der Waals surface area contributed by atoms with E-state index in [0.29, 0.717) is 5.69 Å². The van der Waals surface area contributed by atoms with E-state index in [1.165, 1.54) is 4.68 Å². The molecule has 0 atom stereocenters. The molecule has 0 bridgehead atoms. The number of aryl methyl sites for hydroxylation is 1. The van der Waals surface area contributed by atoms with Crippen LogP contribution in [0.3, 0.4) is 0 Å². The van der Waals surface area contributed by atoms with Crippen molar-refractivity contribution in [1.29, 1.82) is 0 Å². The maximum atomic E-state index is 11.8. The third kappa shape index (κ3) is 2.84. The van der Waals surface area contributed by atoms with Crippen LogP contribution in [0, 0.1) is 6.92 Å². The lowest BCUT2D eigenvalue weighted by Gasteiger charge is -1.95. The normalized spacial score (nSPS) is 11.1. The molecule has 0 saturated carbocycles. The first-order valence-electron chi connectivity index (χ1n) is 6.63. The molecule has 104 valence electrons. The molecule has 4 nitrogen and oxygen atoms in total. The molecule has 0 unspecified atom stereocenters. The zero-order valence-corrected chi connectivity index (χ0v) is 11.6. The summed E-state index contributed by atoms with van der Waals surface area (Å²) in [6.45, 7) is 1.99. The summed E-state index contributed by atoms with van der Waals surface area (Å²) in [5.74, 6) is -0.455. The third-order valence-electron chi connectivity index (χ3n) is 3.12. The van der Waals surface area contributed by atoms with Crippen LogP contribution >= 0.6 is 0 Å². The lowest BCUT2D eigenvalue weighted by atomic mass is 10.2. The second-order valence-corrected chi connectivity index (χ2v) is 4.74. The van der Waals surface area contributed by atoms with E-state index in [4.69, 9.17) is 4.52 Å². The molecule has 0 radical (unpaired) electrons. The van der Waals surface area contributed by atoms with Crippen molar-refractivity contribution in [3.8, 4) is 11.6 Å². The number of hydrogen-bond donors (Lipinski definition) is 0. The van der Waals surface area contributed by atoms with Gasteiger partial charge in [-0.2, -0.15) is 0 Å². The van der Waals surface area contributed by atoms with Gasteiger partial charge in [0.2, 0.25) is 5.69 Å². The van der Waals surface area contributed by atoms with Crippen LogP contribution in [0.1, 0.15) is 16.8 Å². The summed E-state index contributed by atoms with van der Waals surface area (Å²) in [4.78, 5) is 0. The highest BCUT2D eigenvalue weighted by Gasteiger charge is 2.17. The van der Waals surface area contributed by atoms with Gasteiger partial charge in [0.05, 0.1) is 5.27 Å². The fourth-order valence-electron chi connectivity index (χ4n) is 2.08. The van der Waals surface area contributed by atoms with Crippen LogP contribution in [0.15, 0.2) is 59.1 Å². The van der Waals surface area contributed by atoms with Gasteiger partial charge < -0.3 is 9.63 Å². The van der Waals surface area contributed by atoms with Crippen molar-refractivity contribution in [3.05, 3.63) is 71.4 Å². The monoisotopic (exact) mass is 278 g/mol. The van der Waals surface area contributed by atoms with Gasteiger partial charge in [0.1, 0.15) is 0 Å². The Balaban J connectivity index is 2.00. The number of benzene rings is 2. The molecule has 0 aliphatic carbocycles. The summed E-state index contributed by atoms with van der Waals surface area (Å²) >= 11 is 0. The number of aromatic nitrogens is 2. The second kappa shape index (κ2) is 5.63. The first kappa shape index (κ1) is 13.1. The SMILES string of the molecule is Cc1cccc(-[n+]2noc([O-])c2/C=C/c2ccccc2)c1. The Labute approximate surface area is 122 Å². The van der Waals surface area contributed by atoms with Gasteiger partial charge in [-0.05, 0) is 28.8 Å². The minimum atomic E-state index is -0.455. The Morgan fingerprint density at radius 1 is 1.05 bits per heavy atom. The average Bonchev–Trinajstić information content (AvgIpc) is 2.87. The summed E-state index contributed by atoms with van der Waals surface area (Å²) in [6, 6.07) is 17.5. The molecule has 1 aromatic heterocycles. The van der Waals surface area contributed by atoms with Crippen molar-refractivity contribution >= 4 is 12.2 Å². The van der Waals surface area contributed by atoms with Crippen molar-refractivity contribution in [3.63, 3.8) is 0 Å². The molecule has 4 heteroatoms. The smallest absolute Gasteiger partial charge is 0.263 e. The van der Waals surface area contributed by atoms with Gasteiger partial charge in [0, 0.05) is 18.2 Å². The van der Waals surface area contributed by atoms with E-state index in [9.17, 15) is 5.11 Å². The van der Waals surface area contributed by atoms with E-state index in [2.05, 4.69) is 5.27 Å². The van der Waals surface area contributed by atoms with Crippen molar-refractivity contribution in [2.24, 2.45) is 0 Å².